The van der Waals surface area contributed by atoms with Crippen LogP contribution in [-0.4, -0.2) is 27.9 Å². The molecule has 0 saturated heterocycles. The minimum Gasteiger partial charge on any atom is -0.496 e. The molecule has 0 saturated carbocycles. The number of fused-ring (bicyclic) bond motifs is 1. The Balaban J connectivity index is 1.44. The molecule has 0 unspecified atom stereocenters. The Morgan fingerprint density at radius 3 is 2.69 bits per heavy atom. The Bertz CT molecular complexity index is 1250. The number of rotatable bonds is 9. The van der Waals surface area contributed by atoms with E-state index in [-0.39, 0.29) is 11.5 Å². The van der Waals surface area contributed by atoms with Gasteiger partial charge in [-0.05, 0) is 36.1 Å². The highest BCUT2D eigenvalue weighted by Gasteiger charge is 2.17. The number of aromatic nitrogens is 2. The van der Waals surface area contributed by atoms with Gasteiger partial charge in [0.15, 0.2) is 0 Å². The molecule has 2 heterocycles. The van der Waals surface area contributed by atoms with Crippen molar-refractivity contribution >= 4 is 28.1 Å². The van der Waals surface area contributed by atoms with E-state index < -0.39 is 0 Å². The third-order valence-corrected chi connectivity index (χ3v) is 6.16. The molecule has 0 aliphatic rings. The number of carbonyl (C=O) groups excluding carboxylic acids is 1. The molecule has 4 aromatic rings. The molecule has 2 aromatic heterocycles. The summed E-state index contributed by atoms with van der Waals surface area (Å²) in [7, 11) is 1.64. The molecule has 0 bridgehead atoms. The predicted molar refractivity (Wildman–Crippen MR) is 127 cm³/mol. The van der Waals surface area contributed by atoms with Crippen molar-refractivity contribution in [2.24, 2.45) is 0 Å². The van der Waals surface area contributed by atoms with Gasteiger partial charge >= 0.3 is 0 Å². The number of amides is 1. The van der Waals surface area contributed by atoms with Gasteiger partial charge in [-0.15, -0.1) is 11.3 Å². The van der Waals surface area contributed by atoms with Crippen molar-refractivity contribution in [1.29, 1.82) is 0 Å². The van der Waals surface area contributed by atoms with Crippen molar-refractivity contribution in [1.82, 2.24) is 14.9 Å². The molecule has 0 aliphatic heterocycles. The van der Waals surface area contributed by atoms with E-state index in [0.717, 1.165) is 16.2 Å². The van der Waals surface area contributed by atoms with Crippen LogP contribution in [0.2, 0.25) is 0 Å². The van der Waals surface area contributed by atoms with Crippen LogP contribution >= 0.6 is 11.3 Å². The van der Waals surface area contributed by atoms with E-state index in [1.54, 1.807) is 24.5 Å². The van der Waals surface area contributed by atoms with Crippen LogP contribution in [0.4, 0.5) is 0 Å². The van der Waals surface area contributed by atoms with E-state index in [2.05, 4.69) is 9.97 Å². The second-order valence-corrected chi connectivity index (χ2v) is 8.56. The van der Waals surface area contributed by atoms with Crippen molar-refractivity contribution < 1.29 is 9.53 Å². The number of nitrogens with one attached hydrogen (secondary N) is 1. The highest BCUT2D eigenvalue weighted by atomic mass is 32.1. The molecule has 0 spiro atoms. The number of ether oxygens (including phenoxy) is 1. The Kier molecular flexibility index (Phi) is 6.97. The van der Waals surface area contributed by atoms with Crippen LogP contribution in [0.15, 0.2) is 70.8 Å². The van der Waals surface area contributed by atoms with Crippen LogP contribution in [-0.2, 0) is 24.3 Å². The quantitative estimate of drug-likeness (QED) is 0.409. The Hall–Kier alpha value is -3.45. The van der Waals surface area contributed by atoms with E-state index >= 15 is 0 Å². The Labute approximate surface area is 190 Å². The standard InChI is InChI=1S/C25H25N3O3S/c1-31-22-12-5-2-8-18(22)16-28(17-19-9-7-15-32-19)24(29)14-6-13-23-26-21-11-4-3-10-20(21)25(30)27-23/h2-5,7-12,15H,6,13-14,16-17H2,1H3,(H,26,27,30). The molecule has 1 amide bonds. The van der Waals surface area contributed by atoms with Gasteiger partial charge in [0.1, 0.15) is 11.6 Å². The van der Waals surface area contributed by atoms with Crippen LogP contribution in [0, 0.1) is 0 Å². The van der Waals surface area contributed by atoms with Gasteiger partial charge in [0.05, 0.1) is 24.6 Å². The summed E-state index contributed by atoms with van der Waals surface area (Å²) in [4.78, 5) is 35.8. The first-order valence-corrected chi connectivity index (χ1v) is 11.4. The topological polar surface area (TPSA) is 75.3 Å². The van der Waals surface area contributed by atoms with Gasteiger partial charge in [-0.2, -0.15) is 0 Å². The molecule has 7 heteroatoms. The second kappa shape index (κ2) is 10.2. The number of para-hydroxylation sites is 2. The number of hydrogen-bond donors (Lipinski definition) is 1. The van der Waals surface area contributed by atoms with Crippen molar-refractivity contribution in [3.8, 4) is 5.75 Å². The molecule has 0 radical (unpaired) electrons. The molecule has 32 heavy (non-hydrogen) atoms. The van der Waals surface area contributed by atoms with Gasteiger partial charge in [0, 0.05) is 29.8 Å². The van der Waals surface area contributed by atoms with Gasteiger partial charge in [0.2, 0.25) is 5.91 Å². The molecule has 6 nitrogen and oxygen atoms in total. The smallest absolute Gasteiger partial charge is 0.258 e. The SMILES string of the molecule is COc1ccccc1CN(Cc1cccs1)C(=O)CCCc1nc2ccccc2c(=O)[nH]1. The number of carbonyl (C=O) groups is 1. The Morgan fingerprint density at radius 1 is 1.06 bits per heavy atom. The first-order chi connectivity index (χ1) is 15.6. The largest absolute Gasteiger partial charge is 0.496 e. The van der Waals surface area contributed by atoms with Crippen LogP contribution in [0.1, 0.15) is 29.1 Å². The Morgan fingerprint density at radius 2 is 1.88 bits per heavy atom. The number of nitrogens with zero attached hydrogens (tertiary/aromatic N) is 2. The van der Waals surface area contributed by atoms with E-state index in [4.69, 9.17) is 4.74 Å². The van der Waals surface area contributed by atoms with Crippen molar-refractivity contribution in [2.75, 3.05) is 7.11 Å². The third kappa shape index (κ3) is 5.23. The summed E-state index contributed by atoms with van der Waals surface area (Å²) < 4.78 is 5.47. The fraction of sp³-hybridized carbons (Fsp3) is 0.240. The number of aromatic amines is 1. The van der Waals surface area contributed by atoms with E-state index in [1.165, 1.54) is 0 Å². The zero-order chi connectivity index (χ0) is 22.3. The summed E-state index contributed by atoms with van der Waals surface area (Å²) in [6, 6.07) is 19.1. The predicted octanol–water partition coefficient (Wildman–Crippen LogP) is 4.54. The molecule has 164 valence electrons. The van der Waals surface area contributed by atoms with Crippen LogP contribution < -0.4 is 10.3 Å². The lowest BCUT2D eigenvalue weighted by Gasteiger charge is -2.23. The summed E-state index contributed by atoms with van der Waals surface area (Å²) in [6.07, 6.45) is 1.51. The lowest BCUT2D eigenvalue weighted by atomic mass is 10.1. The molecule has 4 rings (SSSR count). The lowest BCUT2D eigenvalue weighted by molar-refractivity contribution is -0.132. The van der Waals surface area contributed by atoms with Gasteiger partial charge in [0.25, 0.3) is 5.56 Å². The van der Waals surface area contributed by atoms with Crippen molar-refractivity contribution in [3.63, 3.8) is 0 Å². The van der Waals surface area contributed by atoms with E-state index in [1.807, 2.05) is 64.9 Å². The van der Waals surface area contributed by atoms with Crippen molar-refractivity contribution in [3.05, 3.63) is 92.7 Å². The first-order valence-electron chi connectivity index (χ1n) is 10.5. The fourth-order valence-electron chi connectivity index (χ4n) is 3.68. The van der Waals surface area contributed by atoms with Crippen LogP contribution in [0.3, 0.4) is 0 Å². The number of thiophene rings is 1. The monoisotopic (exact) mass is 447 g/mol. The van der Waals surface area contributed by atoms with E-state index in [0.29, 0.717) is 49.1 Å². The number of methoxy groups -OCH3 is 1. The number of benzene rings is 2. The molecule has 0 fully saturated rings. The van der Waals surface area contributed by atoms with Gasteiger partial charge < -0.3 is 14.6 Å². The molecular formula is C25H25N3O3S. The first kappa shape index (κ1) is 21.8. The van der Waals surface area contributed by atoms with Crippen LogP contribution in [0.5, 0.6) is 5.75 Å². The third-order valence-electron chi connectivity index (χ3n) is 5.30. The van der Waals surface area contributed by atoms with Crippen LogP contribution in [0.25, 0.3) is 10.9 Å². The highest BCUT2D eigenvalue weighted by molar-refractivity contribution is 7.09. The van der Waals surface area contributed by atoms with Crippen molar-refractivity contribution in [2.45, 2.75) is 32.4 Å². The number of H-pyrrole nitrogens is 1. The molecule has 0 aliphatic carbocycles. The maximum Gasteiger partial charge on any atom is 0.258 e. The zero-order valence-corrected chi connectivity index (χ0v) is 18.7. The fourth-order valence-corrected chi connectivity index (χ4v) is 4.40. The highest BCUT2D eigenvalue weighted by Crippen LogP contribution is 2.22. The maximum absolute atomic E-state index is 13.1. The maximum atomic E-state index is 13.1. The van der Waals surface area contributed by atoms with Gasteiger partial charge in [-0.1, -0.05) is 36.4 Å². The summed E-state index contributed by atoms with van der Waals surface area (Å²) in [5.74, 6) is 1.44. The molecule has 2 aromatic carbocycles. The minimum atomic E-state index is -0.146. The van der Waals surface area contributed by atoms with E-state index in [9.17, 15) is 9.59 Å². The second-order valence-electron chi connectivity index (χ2n) is 7.52. The minimum absolute atomic E-state index is 0.0624. The summed E-state index contributed by atoms with van der Waals surface area (Å²) in [6.45, 7) is 1.03. The summed E-state index contributed by atoms with van der Waals surface area (Å²) in [5.41, 5.74) is 1.50. The molecular weight excluding hydrogens is 422 g/mol. The average molecular weight is 448 g/mol. The summed E-state index contributed by atoms with van der Waals surface area (Å²) >= 11 is 1.64. The van der Waals surface area contributed by atoms with Gasteiger partial charge in [-0.3, -0.25) is 9.59 Å². The normalized spacial score (nSPS) is 10.9. The number of hydrogen-bond acceptors (Lipinski definition) is 5. The molecule has 1 N–H and O–H groups in total. The zero-order valence-electron chi connectivity index (χ0n) is 17.9. The molecule has 0 atom stereocenters. The average Bonchev–Trinajstić information content (AvgIpc) is 3.32. The summed E-state index contributed by atoms with van der Waals surface area (Å²) in [5, 5.41) is 2.59. The van der Waals surface area contributed by atoms with Gasteiger partial charge in [-0.25, -0.2) is 4.98 Å². The number of aryl methyl sites for hydroxylation is 1. The lowest BCUT2D eigenvalue weighted by Crippen LogP contribution is -2.30.